The minimum atomic E-state index is 0.107. The van der Waals surface area contributed by atoms with Gasteiger partial charge in [-0.3, -0.25) is 0 Å². The molecule has 0 aromatic heterocycles. The summed E-state index contributed by atoms with van der Waals surface area (Å²) in [5.41, 5.74) is 1.04. The number of nitrogens with one attached hydrogen (secondary N) is 1. The lowest BCUT2D eigenvalue weighted by Crippen LogP contribution is -2.36. The van der Waals surface area contributed by atoms with Gasteiger partial charge in [-0.05, 0) is 29.7 Å². The Morgan fingerprint density at radius 2 is 2.12 bits per heavy atom. The maximum atomic E-state index is 9.19. The van der Waals surface area contributed by atoms with E-state index in [0.717, 1.165) is 15.1 Å². The second-order valence-electron chi connectivity index (χ2n) is 4.15. The van der Waals surface area contributed by atoms with E-state index in [1.54, 1.807) is 0 Å². The Labute approximate surface area is 110 Å². The van der Waals surface area contributed by atoms with E-state index >= 15 is 0 Å². The highest BCUT2D eigenvalue weighted by atomic mass is 79.9. The molecule has 1 atom stereocenters. The van der Waals surface area contributed by atoms with E-state index in [9.17, 15) is 5.11 Å². The molecule has 2 N–H and O–H groups in total. The number of aliphatic hydroxyl groups excluding tert-OH is 1. The van der Waals surface area contributed by atoms with E-state index < -0.39 is 0 Å². The molecule has 1 aromatic rings. The Bertz CT molecular complexity index is 344. The van der Waals surface area contributed by atoms with Crippen LogP contribution in [0.5, 0.6) is 0 Å². The van der Waals surface area contributed by atoms with Gasteiger partial charge >= 0.3 is 0 Å². The van der Waals surface area contributed by atoms with Crippen LogP contribution in [0.15, 0.2) is 22.7 Å². The SMILES string of the molecule is CC(C)C(CO)NCc1cc(Br)ccc1Cl. The Balaban J connectivity index is 2.63. The lowest BCUT2D eigenvalue weighted by molar-refractivity contribution is 0.210. The minimum absolute atomic E-state index is 0.107. The first-order valence-corrected chi connectivity index (χ1v) is 6.50. The van der Waals surface area contributed by atoms with Gasteiger partial charge < -0.3 is 10.4 Å². The molecule has 4 heteroatoms. The van der Waals surface area contributed by atoms with Gasteiger partial charge in [-0.1, -0.05) is 41.4 Å². The summed E-state index contributed by atoms with van der Waals surface area (Å²) in [5, 5.41) is 13.2. The smallest absolute Gasteiger partial charge is 0.0587 e. The number of halogens is 2. The van der Waals surface area contributed by atoms with Crippen molar-refractivity contribution in [1.82, 2.24) is 5.32 Å². The van der Waals surface area contributed by atoms with Crippen molar-refractivity contribution in [2.24, 2.45) is 5.92 Å². The van der Waals surface area contributed by atoms with E-state index in [4.69, 9.17) is 11.6 Å². The average molecular weight is 307 g/mol. The Hall–Kier alpha value is -0.0900. The van der Waals surface area contributed by atoms with E-state index in [1.807, 2.05) is 18.2 Å². The molecule has 1 unspecified atom stereocenters. The van der Waals surface area contributed by atoms with Crippen molar-refractivity contribution in [3.05, 3.63) is 33.3 Å². The third-order valence-electron chi connectivity index (χ3n) is 2.56. The van der Waals surface area contributed by atoms with Gasteiger partial charge in [0.25, 0.3) is 0 Å². The van der Waals surface area contributed by atoms with Crippen molar-refractivity contribution < 1.29 is 5.11 Å². The summed E-state index contributed by atoms with van der Waals surface area (Å²) in [7, 11) is 0. The lowest BCUT2D eigenvalue weighted by Gasteiger charge is -2.20. The number of aliphatic hydroxyl groups is 1. The van der Waals surface area contributed by atoms with Gasteiger partial charge in [0.1, 0.15) is 0 Å². The van der Waals surface area contributed by atoms with Crippen molar-refractivity contribution >= 4 is 27.5 Å². The van der Waals surface area contributed by atoms with Crippen LogP contribution in [0, 0.1) is 5.92 Å². The van der Waals surface area contributed by atoms with Gasteiger partial charge in [-0.15, -0.1) is 0 Å². The molecule has 16 heavy (non-hydrogen) atoms. The molecule has 0 saturated heterocycles. The highest BCUT2D eigenvalue weighted by Crippen LogP contribution is 2.21. The predicted octanol–water partition coefficient (Wildman–Crippen LogP) is 3.21. The van der Waals surface area contributed by atoms with Gasteiger partial charge in [-0.2, -0.15) is 0 Å². The van der Waals surface area contributed by atoms with E-state index in [0.29, 0.717) is 12.5 Å². The Morgan fingerprint density at radius 1 is 1.44 bits per heavy atom. The largest absolute Gasteiger partial charge is 0.395 e. The highest BCUT2D eigenvalue weighted by molar-refractivity contribution is 9.10. The van der Waals surface area contributed by atoms with Gasteiger partial charge in [0, 0.05) is 22.1 Å². The van der Waals surface area contributed by atoms with Crippen molar-refractivity contribution in [2.45, 2.75) is 26.4 Å². The number of hydrogen-bond acceptors (Lipinski definition) is 2. The van der Waals surface area contributed by atoms with Crippen molar-refractivity contribution in [1.29, 1.82) is 0 Å². The summed E-state index contributed by atoms with van der Waals surface area (Å²) >= 11 is 9.49. The minimum Gasteiger partial charge on any atom is -0.395 e. The fraction of sp³-hybridized carbons (Fsp3) is 0.500. The van der Waals surface area contributed by atoms with Crippen LogP contribution in [-0.4, -0.2) is 17.8 Å². The van der Waals surface area contributed by atoms with Crippen LogP contribution < -0.4 is 5.32 Å². The summed E-state index contributed by atoms with van der Waals surface area (Å²) in [4.78, 5) is 0. The van der Waals surface area contributed by atoms with Gasteiger partial charge in [-0.25, -0.2) is 0 Å². The molecule has 1 aromatic carbocycles. The fourth-order valence-electron chi connectivity index (χ4n) is 1.43. The average Bonchev–Trinajstić information content (AvgIpc) is 2.23. The number of hydrogen-bond donors (Lipinski definition) is 2. The first-order chi connectivity index (χ1) is 7.54. The molecule has 0 radical (unpaired) electrons. The Morgan fingerprint density at radius 3 is 2.69 bits per heavy atom. The van der Waals surface area contributed by atoms with Crippen molar-refractivity contribution in [3.63, 3.8) is 0 Å². The molecular formula is C12H17BrClNO. The quantitative estimate of drug-likeness (QED) is 0.875. The second-order valence-corrected chi connectivity index (χ2v) is 5.47. The molecule has 0 aliphatic heterocycles. The first kappa shape index (κ1) is 14.0. The zero-order valence-electron chi connectivity index (χ0n) is 9.50. The van der Waals surface area contributed by atoms with E-state index in [-0.39, 0.29) is 12.6 Å². The molecule has 2 nitrogen and oxygen atoms in total. The second kappa shape index (κ2) is 6.60. The summed E-state index contributed by atoms with van der Waals surface area (Å²) in [6.45, 7) is 4.97. The van der Waals surface area contributed by atoms with Crippen LogP contribution >= 0.6 is 27.5 Å². The van der Waals surface area contributed by atoms with Crippen LogP contribution in [0.3, 0.4) is 0 Å². The highest BCUT2D eigenvalue weighted by Gasteiger charge is 2.11. The third-order valence-corrected chi connectivity index (χ3v) is 3.43. The van der Waals surface area contributed by atoms with Crippen LogP contribution in [-0.2, 0) is 6.54 Å². The van der Waals surface area contributed by atoms with Crippen LogP contribution in [0.25, 0.3) is 0 Å². The molecule has 90 valence electrons. The zero-order chi connectivity index (χ0) is 12.1. The summed E-state index contributed by atoms with van der Waals surface area (Å²) in [5.74, 6) is 0.399. The number of rotatable bonds is 5. The topological polar surface area (TPSA) is 32.3 Å². The van der Waals surface area contributed by atoms with Crippen LogP contribution in [0.1, 0.15) is 19.4 Å². The van der Waals surface area contributed by atoms with Gasteiger partial charge in [0.2, 0.25) is 0 Å². The maximum Gasteiger partial charge on any atom is 0.0587 e. The third kappa shape index (κ3) is 4.06. The lowest BCUT2D eigenvalue weighted by atomic mass is 10.1. The first-order valence-electron chi connectivity index (χ1n) is 5.32. The maximum absolute atomic E-state index is 9.19. The van der Waals surface area contributed by atoms with E-state index in [1.165, 1.54) is 0 Å². The monoisotopic (exact) mass is 305 g/mol. The van der Waals surface area contributed by atoms with Crippen LogP contribution in [0.4, 0.5) is 0 Å². The zero-order valence-corrected chi connectivity index (χ0v) is 11.8. The summed E-state index contributed by atoms with van der Waals surface area (Å²) in [6, 6.07) is 5.88. The Kier molecular flexibility index (Phi) is 5.76. The number of benzene rings is 1. The molecule has 0 aliphatic rings. The predicted molar refractivity (Wildman–Crippen MR) is 71.7 cm³/mol. The van der Waals surface area contributed by atoms with Gasteiger partial charge in [0.05, 0.1) is 6.61 Å². The summed E-state index contributed by atoms with van der Waals surface area (Å²) in [6.07, 6.45) is 0. The summed E-state index contributed by atoms with van der Waals surface area (Å²) < 4.78 is 1.01. The molecule has 0 saturated carbocycles. The molecule has 0 heterocycles. The van der Waals surface area contributed by atoms with Crippen LogP contribution in [0.2, 0.25) is 5.02 Å². The molecule has 0 fully saturated rings. The standard InChI is InChI=1S/C12H17BrClNO/c1-8(2)12(7-16)15-6-9-5-10(13)3-4-11(9)14/h3-5,8,12,15-16H,6-7H2,1-2H3. The molecule has 1 rings (SSSR count). The van der Waals surface area contributed by atoms with Crippen molar-refractivity contribution in [2.75, 3.05) is 6.61 Å². The van der Waals surface area contributed by atoms with E-state index in [2.05, 4.69) is 35.1 Å². The molecule has 0 spiro atoms. The normalized spacial score (nSPS) is 13.1. The molecule has 0 amide bonds. The molecule has 0 bridgehead atoms. The molecular weight excluding hydrogens is 289 g/mol. The van der Waals surface area contributed by atoms with Crippen molar-refractivity contribution in [3.8, 4) is 0 Å². The molecule has 0 aliphatic carbocycles. The fourth-order valence-corrected chi connectivity index (χ4v) is 2.02. The van der Waals surface area contributed by atoms with Gasteiger partial charge in [0.15, 0.2) is 0 Å².